The van der Waals surface area contributed by atoms with Crippen LogP contribution in [0.2, 0.25) is 0 Å². The van der Waals surface area contributed by atoms with Crippen LogP contribution in [0.4, 0.5) is 5.69 Å². The Bertz CT molecular complexity index is 367. The summed E-state index contributed by atoms with van der Waals surface area (Å²) in [6.45, 7) is 4.27. The molecule has 1 aliphatic carbocycles. The van der Waals surface area contributed by atoms with Crippen molar-refractivity contribution >= 4 is 21.6 Å². The molecule has 0 amide bonds. The monoisotopic (exact) mass is 282 g/mol. The molecule has 2 unspecified atom stereocenters. The molecule has 2 nitrogen and oxygen atoms in total. The zero-order valence-corrected chi connectivity index (χ0v) is 11.5. The molecule has 16 heavy (non-hydrogen) atoms. The van der Waals surface area contributed by atoms with Crippen molar-refractivity contribution < 1.29 is 0 Å². The summed E-state index contributed by atoms with van der Waals surface area (Å²) in [4.78, 5) is 0. The summed E-state index contributed by atoms with van der Waals surface area (Å²) in [6.07, 6.45) is 3.40. The Balaban J connectivity index is 2.15. The predicted molar refractivity (Wildman–Crippen MR) is 72.9 cm³/mol. The van der Waals surface area contributed by atoms with Gasteiger partial charge in [-0.15, -0.1) is 0 Å². The average Bonchev–Trinajstić information content (AvgIpc) is 2.58. The number of hydrogen-bond acceptors (Lipinski definition) is 2. The van der Waals surface area contributed by atoms with Crippen molar-refractivity contribution in [1.29, 1.82) is 0 Å². The van der Waals surface area contributed by atoms with Crippen LogP contribution < -0.4 is 11.1 Å². The van der Waals surface area contributed by atoms with Gasteiger partial charge >= 0.3 is 0 Å². The quantitative estimate of drug-likeness (QED) is 0.873. The van der Waals surface area contributed by atoms with Gasteiger partial charge in [-0.05, 0) is 66.2 Å². The minimum atomic E-state index is 0.377. The van der Waals surface area contributed by atoms with Gasteiger partial charge in [0.1, 0.15) is 0 Å². The van der Waals surface area contributed by atoms with Crippen molar-refractivity contribution in [3.63, 3.8) is 0 Å². The van der Waals surface area contributed by atoms with Crippen molar-refractivity contribution in [2.24, 2.45) is 5.73 Å². The topological polar surface area (TPSA) is 38.0 Å². The van der Waals surface area contributed by atoms with Gasteiger partial charge in [0, 0.05) is 16.6 Å². The summed E-state index contributed by atoms with van der Waals surface area (Å²) in [7, 11) is 0. The summed E-state index contributed by atoms with van der Waals surface area (Å²) in [6, 6.07) is 5.28. The summed E-state index contributed by atoms with van der Waals surface area (Å²) >= 11 is 3.63. The first-order valence-corrected chi connectivity index (χ1v) is 6.64. The number of rotatable bonds is 2. The van der Waals surface area contributed by atoms with E-state index in [1.54, 1.807) is 0 Å². The highest BCUT2D eigenvalue weighted by molar-refractivity contribution is 9.10. The number of nitrogens with one attached hydrogen (secondary N) is 1. The van der Waals surface area contributed by atoms with Crippen LogP contribution >= 0.6 is 15.9 Å². The molecular weight excluding hydrogens is 264 g/mol. The molecule has 0 bridgehead atoms. The molecule has 0 heterocycles. The van der Waals surface area contributed by atoms with Crippen LogP contribution in [0.25, 0.3) is 0 Å². The lowest BCUT2D eigenvalue weighted by atomic mass is 10.1. The molecule has 2 atom stereocenters. The lowest BCUT2D eigenvalue weighted by Crippen LogP contribution is -2.21. The normalized spacial score (nSPS) is 24.8. The minimum Gasteiger partial charge on any atom is -0.381 e. The molecule has 0 radical (unpaired) electrons. The predicted octanol–water partition coefficient (Wildman–Crippen LogP) is 3.36. The molecule has 1 aliphatic rings. The van der Waals surface area contributed by atoms with Gasteiger partial charge in [-0.2, -0.15) is 0 Å². The van der Waals surface area contributed by atoms with E-state index in [9.17, 15) is 0 Å². The summed E-state index contributed by atoms with van der Waals surface area (Å²) < 4.78 is 1.16. The number of halogens is 1. The van der Waals surface area contributed by atoms with Crippen LogP contribution in [-0.4, -0.2) is 12.1 Å². The van der Waals surface area contributed by atoms with Gasteiger partial charge in [-0.3, -0.25) is 0 Å². The maximum atomic E-state index is 5.93. The maximum absolute atomic E-state index is 5.93. The molecule has 1 fully saturated rings. The number of anilines is 1. The van der Waals surface area contributed by atoms with Gasteiger partial charge in [0.2, 0.25) is 0 Å². The van der Waals surface area contributed by atoms with Gasteiger partial charge in [-0.25, -0.2) is 0 Å². The lowest BCUT2D eigenvalue weighted by molar-refractivity contribution is 0.687. The Morgan fingerprint density at radius 2 is 2.06 bits per heavy atom. The Kier molecular flexibility index (Phi) is 3.55. The molecule has 0 aromatic heterocycles. The highest BCUT2D eigenvalue weighted by Crippen LogP contribution is 2.31. The first-order chi connectivity index (χ1) is 7.56. The van der Waals surface area contributed by atoms with E-state index >= 15 is 0 Å². The van der Waals surface area contributed by atoms with Gasteiger partial charge in [-0.1, -0.05) is 6.07 Å². The van der Waals surface area contributed by atoms with Crippen LogP contribution in [0, 0.1) is 13.8 Å². The largest absolute Gasteiger partial charge is 0.381 e. The number of nitrogens with two attached hydrogens (primary N) is 1. The Hall–Kier alpha value is -0.540. The van der Waals surface area contributed by atoms with E-state index in [-0.39, 0.29) is 0 Å². The highest BCUT2D eigenvalue weighted by atomic mass is 79.9. The van der Waals surface area contributed by atoms with E-state index in [0.717, 1.165) is 17.3 Å². The second-order valence-electron chi connectivity index (χ2n) is 4.85. The zero-order chi connectivity index (χ0) is 11.7. The van der Waals surface area contributed by atoms with Crippen LogP contribution in [0.3, 0.4) is 0 Å². The number of hydrogen-bond donors (Lipinski definition) is 2. The third kappa shape index (κ3) is 2.58. The molecule has 3 N–H and O–H groups in total. The molecule has 0 spiro atoms. The minimum absolute atomic E-state index is 0.377. The van der Waals surface area contributed by atoms with E-state index in [1.165, 1.54) is 23.2 Å². The number of benzene rings is 1. The Morgan fingerprint density at radius 1 is 1.31 bits per heavy atom. The van der Waals surface area contributed by atoms with Gasteiger partial charge in [0.05, 0.1) is 5.69 Å². The molecule has 88 valence electrons. The van der Waals surface area contributed by atoms with Crippen LogP contribution in [0.15, 0.2) is 16.6 Å². The molecular formula is C13H19BrN2. The van der Waals surface area contributed by atoms with Crippen molar-refractivity contribution in [3.8, 4) is 0 Å². The third-order valence-corrected chi connectivity index (χ3v) is 3.88. The molecule has 1 aromatic carbocycles. The molecule has 3 heteroatoms. The summed E-state index contributed by atoms with van der Waals surface area (Å²) in [5.41, 5.74) is 9.74. The van der Waals surface area contributed by atoms with Crippen molar-refractivity contribution in [2.45, 2.75) is 45.2 Å². The average molecular weight is 283 g/mol. The fourth-order valence-electron chi connectivity index (χ4n) is 2.45. The molecule has 0 aliphatic heterocycles. The second kappa shape index (κ2) is 4.76. The lowest BCUT2D eigenvalue weighted by Gasteiger charge is -2.18. The second-order valence-corrected chi connectivity index (χ2v) is 5.71. The fraction of sp³-hybridized carbons (Fsp3) is 0.538. The fourth-order valence-corrected chi connectivity index (χ4v) is 3.24. The van der Waals surface area contributed by atoms with Crippen molar-refractivity contribution in [3.05, 3.63) is 27.7 Å². The Labute approximate surface area is 106 Å². The van der Waals surface area contributed by atoms with E-state index in [1.807, 2.05) is 0 Å². The van der Waals surface area contributed by atoms with Crippen LogP contribution in [0.5, 0.6) is 0 Å². The van der Waals surface area contributed by atoms with E-state index in [2.05, 4.69) is 47.2 Å². The number of aryl methyl sites for hydroxylation is 2. The maximum Gasteiger partial charge on any atom is 0.0516 e. The molecule has 2 rings (SSSR count). The molecule has 0 saturated heterocycles. The smallest absolute Gasteiger partial charge is 0.0516 e. The van der Waals surface area contributed by atoms with Gasteiger partial charge < -0.3 is 11.1 Å². The summed E-state index contributed by atoms with van der Waals surface area (Å²) in [5, 5.41) is 3.61. The standard InChI is InChI=1S/C13H19BrN2/c1-8-5-9(2)13(12(14)6-8)16-11-4-3-10(15)7-11/h5-6,10-11,16H,3-4,7,15H2,1-2H3. The van der Waals surface area contributed by atoms with E-state index in [4.69, 9.17) is 5.73 Å². The van der Waals surface area contributed by atoms with Gasteiger partial charge in [0.25, 0.3) is 0 Å². The van der Waals surface area contributed by atoms with Crippen molar-refractivity contribution in [2.75, 3.05) is 5.32 Å². The zero-order valence-electron chi connectivity index (χ0n) is 9.89. The van der Waals surface area contributed by atoms with E-state index < -0.39 is 0 Å². The summed E-state index contributed by atoms with van der Waals surface area (Å²) in [5.74, 6) is 0. The van der Waals surface area contributed by atoms with Gasteiger partial charge in [0.15, 0.2) is 0 Å². The van der Waals surface area contributed by atoms with E-state index in [0.29, 0.717) is 12.1 Å². The molecule has 1 saturated carbocycles. The molecule has 1 aromatic rings. The first kappa shape index (κ1) is 11.9. The van der Waals surface area contributed by atoms with Crippen LogP contribution in [-0.2, 0) is 0 Å². The Morgan fingerprint density at radius 3 is 2.62 bits per heavy atom. The van der Waals surface area contributed by atoms with Crippen molar-refractivity contribution in [1.82, 2.24) is 0 Å². The first-order valence-electron chi connectivity index (χ1n) is 5.85. The van der Waals surface area contributed by atoms with Crippen LogP contribution in [0.1, 0.15) is 30.4 Å². The third-order valence-electron chi connectivity index (χ3n) is 3.25. The SMILES string of the molecule is Cc1cc(C)c(NC2CCC(N)C2)c(Br)c1. The highest BCUT2D eigenvalue weighted by Gasteiger charge is 2.22.